The molecule has 0 aliphatic carbocycles. The van der Waals surface area contributed by atoms with Crippen molar-refractivity contribution in [2.75, 3.05) is 4.72 Å². The van der Waals surface area contributed by atoms with Gasteiger partial charge in [0.25, 0.3) is 15.7 Å². The Bertz CT molecular complexity index is 791. The second-order valence-corrected chi connectivity index (χ2v) is 5.83. The van der Waals surface area contributed by atoms with Gasteiger partial charge in [-0.1, -0.05) is 0 Å². The molecule has 1 N–H and O–H groups in total. The number of nitrogens with one attached hydrogen (secondary N) is 1. The smallest absolute Gasteiger partial charge is 0.269 e. The van der Waals surface area contributed by atoms with Crippen molar-refractivity contribution in [3.8, 4) is 0 Å². The predicted molar refractivity (Wildman–Crippen MR) is 72.8 cm³/mol. The maximum absolute atomic E-state index is 12.7. The third-order valence-electron chi connectivity index (χ3n) is 2.64. The lowest BCUT2D eigenvalue weighted by Gasteiger charge is -2.09. The monoisotopic (exact) mass is 311 g/mol. The van der Waals surface area contributed by atoms with E-state index in [4.69, 9.17) is 0 Å². The second kappa shape index (κ2) is 5.44. The molecule has 21 heavy (non-hydrogen) atoms. The molecular formula is C12H10FN3O4S. The number of aryl methyl sites for hydroxylation is 1. The highest BCUT2D eigenvalue weighted by Crippen LogP contribution is 2.23. The fraction of sp³-hybridized carbons (Fsp3) is 0.0833. The number of anilines is 1. The molecule has 1 aromatic carbocycles. The Morgan fingerprint density at radius 2 is 2.00 bits per heavy atom. The summed E-state index contributed by atoms with van der Waals surface area (Å²) >= 11 is 0. The van der Waals surface area contributed by atoms with E-state index in [0.29, 0.717) is 0 Å². The molecule has 7 nitrogen and oxygen atoms in total. The van der Waals surface area contributed by atoms with Crippen molar-refractivity contribution in [3.05, 3.63) is 58.2 Å². The Balaban J connectivity index is 2.35. The van der Waals surface area contributed by atoms with Crippen LogP contribution in [0.1, 0.15) is 5.56 Å². The highest BCUT2D eigenvalue weighted by Gasteiger charge is 2.19. The minimum atomic E-state index is -3.93. The Labute approximate surface area is 119 Å². The maximum Gasteiger partial charge on any atom is 0.269 e. The summed E-state index contributed by atoms with van der Waals surface area (Å²) in [6.07, 6.45) is 1.04. The molecule has 0 spiro atoms. The molecule has 0 saturated carbocycles. The summed E-state index contributed by atoms with van der Waals surface area (Å²) in [5.41, 5.74) is 0.121. The fourth-order valence-corrected chi connectivity index (χ4v) is 2.97. The SMILES string of the molecule is Cc1cc([N+](=O)[O-])ccc1S(=O)(=O)Nc1ccc(F)nc1. The molecule has 0 unspecified atom stereocenters. The van der Waals surface area contributed by atoms with Crippen molar-refractivity contribution in [1.82, 2.24) is 4.98 Å². The number of sulfonamides is 1. The highest BCUT2D eigenvalue weighted by atomic mass is 32.2. The number of halogens is 1. The quantitative estimate of drug-likeness (QED) is 0.530. The Morgan fingerprint density at radius 3 is 2.52 bits per heavy atom. The van der Waals surface area contributed by atoms with E-state index in [2.05, 4.69) is 9.71 Å². The van der Waals surface area contributed by atoms with Crippen LogP contribution in [0.3, 0.4) is 0 Å². The van der Waals surface area contributed by atoms with Gasteiger partial charge in [0.05, 0.1) is 21.7 Å². The number of aromatic nitrogens is 1. The van der Waals surface area contributed by atoms with E-state index in [1.54, 1.807) is 0 Å². The molecule has 0 radical (unpaired) electrons. The molecule has 0 fully saturated rings. The molecule has 2 rings (SSSR count). The molecule has 0 atom stereocenters. The predicted octanol–water partition coefficient (Wildman–Crippen LogP) is 2.24. The zero-order chi connectivity index (χ0) is 15.6. The average molecular weight is 311 g/mol. The summed E-state index contributed by atoms with van der Waals surface area (Å²) in [6.45, 7) is 1.45. The lowest BCUT2D eigenvalue weighted by molar-refractivity contribution is -0.385. The minimum Gasteiger partial charge on any atom is -0.278 e. The normalized spacial score (nSPS) is 11.1. The number of benzene rings is 1. The summed E-state index contributed by atoms with van der Waals surface area (Å²) < 4.78 is 39.3. The first-order valence-electron chi connectivity index (χ1n) is 5.69. The lowest BCUT2D eigenvalue weighted by Crippen LogP contribution is -2.14. The van der Waals surface area contributed by atoms with Gasteiger partial charge < -0.3 is 0 Å². The molecule has 1 heterocycles. The van der Waals surface area contributed by atoms with E-state index >= 15 is 0 Å². The van der Waals surface area contributed by atoms with Crippen molar-refractivity contribution in [1.29, 1.82) is 0 Å². The summed E-state index contributed by atoms with van der Waals surface area (Å²) in [5.74, 6) is -0.732. The van der Waals surface area contributed by atoms with E-state index in [0.717, 1.165) is 30.5 Å². The Morgan fingerprint density at radius 1 is 1.29 bits per heavy atom. The molecule has 0 aliphatic rings. The first kappa shape index (κ1) is 14.9. The fourth-order valence-electron chi connectivity index (χ4n) is 1.69. The van der Waals surface area contributed by atoms with E-state index in [-0.39, 0.29) is 21.8 Å². The first-order chi connectivity index (χ1) is 9.79. The van der Waals surface area contributed by atoms with Gasteiger partial charge in [-0.2, -0.15) is 4.39 Å². The standard InChI is InChI=1S/C12H10FN3O4S/c1-8-6-10(16(17)18)3-4-11(8)21(19,20)15-9-2-5-12(13)14-7-9/h2-7,15H,1H3. The van der Waals surface area contributed by atoms with Gasteiger partial charge in [-0.05, 0) is 30.7 Å². The van der Waals surface area contributed by atoms with Crippen LogP contribution < -0.4 is 4.72 Å². The molecule has 0 amide bonds. The molecule has 110 valence electrons. The van der Waals surface area contributed by atoms with Crippen LogP contribution in [0.25, 0.3) is 0 Å². The van der Waals surface area contributed by atoms with E-state index in [1.807, 2.05) is 0 Å². The third kappa shape index (κ3) is 3.31. The number of nitro benzene ring substituents is 1. The zero-order valence-corrected chi connectivity index (χ0v) is 11.6. The average Bonchev–Trinajstić information content (AvgIpc) is 2.40. The number of nitrogens with zero attached hydrogens (tertiary/aromatic N) is 2. The molecule has 0 saturated heterocycles. The second-order valence-electron chi connectivity index (χ2n) is 4.18. The van der Waals surface area contributed by atoms with Crippen molar-refractivity contribution >= 4 is 21.4 Å². The van der Waals surface area contributed by atoms with Crippen LogP contribution in [0.15, 0.2) is 41.4 Å². The van der Waals surface area contributed by atoms with Crippen LogP contribution in [0.4, 0.5) is 15.8 Å². The minimum absolute atomic E-state index is 0.0918. The van der Waals surface area contributed by atoms with E-state index in [1.165, 1.54) is 13.0 Å². The van der Waals surface area contributed by atoms with Crippen LogP contribution in [0, 0.1) is 23.0 Å². The largest absolute Gasteiger partial charge is 0.278 e. The van der Waals surface area contributed by atoms with Gasteiger partial charge in [-0.25, -0.2) is 13.4 Å². The molecule has 0 bridgehead atoms. The highest BCUT2D eigenvalue weighted by molar-refractivity contribution is 7.92. The Kier molecular flexibility index (Phi) is 3.85. The Hall–Kier alpha value is -2.55. The van der Waals surface area contributed by atoms with Crippen LogP contribution in [0.5, 0.6) is 0 Å². The molecule has 0 aliphatic heterocycles. The van der Waals surface area contributed by atoms with E-state index in [9.17, 15) is 22.9 Å². The van der Waals surface area contributed by atoms with Crippen LogP contribution in [0.2, 0.25) is 0 Å². The molecule has 1 aromatic heterocycles. The van der Waals surface area contributed by atoms with E-state index < -0.39 is 20.9 Å². The molecule has 2 aromatic rings. The first-order valence-corrected chi connectivity index (χ1v) is 7.17. The van der Waals surface area contributed by atoms with Gasteiger partial charge in [0.2, 0.25) is 5.95 Å². The number of rotatable bonds is 4. The van der Waals surface area contributed by atoms with Crippen molar-refractivity contribution in [3.63, 3.8) is 0 Å². The van der Waals surface area contributed by atoms with Crippen LogP contribution in [-0.4, -0.2) is 18.3 Å². The number of hydrogen-bond acceptors (Lipinski definition) is 5. The van der Waals surface area contributed by atoms with Gasteiger partial charge in [-0.15, -0.1) is 0 Å². The summed E-state index contributed by atoms with van der Waals surface area (Å²) in [4.78, 5) is 13.3. The molecule has 9 heteroatoms. The summed E-state index contributed by atoms with van der Waals surface area (Å²) in [6, 6.07) is 5.65. The maximum atomic E-state index is 12.7. The van der Waals surface area contributed by atoms with Gasteiger partial charge in [0.15, 0.2) is 0 Å². The zero-order valence-electron chi connectivity index (χ0n) is 10.8. The van der Waals surface area contributed by atoms with Crippen molar-refractivity contribution < 1.29 is 17.7 Å². The third-order valence-corrected chi connectivity index (χ3v) is 4.18. The van der Waals surface area contributed by atoms with Crippen LogP contribution in [-0.2, 0) is 10.0 Å². The number of nitro groups is 1. The van der Waals surface area contributed by atoms with Gasteiger partial charge >= 0.3 is 0 Å². The number of non-ortho nitro benzene ring substituents is 1. The topological polar surface area (TPSA) is 102 Å². The summed E-state index contributed by atoms with van der Waals surface area (Å²) in [5, 5.41) is 10.6. The number of pyridine rings is 1. The van der Waals surface area contributed by atoms with Crippen LogP contribution >= 0.6 is 0 Å². The summed E-state index contributed by atoms with van der Waals surface area (Å²) in [7, 11) is -3.93. The van der Waals surface area contributed by atoms with Crippen molar-refractivity contribution in [2.45, 2.75) is 11.8 Å². The van der Waals surface area contributed by atoms with Gasteiger partial charge in [0.1, 0.15) is 0 Å². The number of hydrogen-bond donors (Lipinski definition) is 1. The molecular weight excluding hydrogens is 301 g/mol. The lowest BCUT2D eigenvalue weighted by atomic mass is 10.2. The van der Waals surface area contributed by atoms with Gasteiger partial charge in [-0.3, -0.25) is 14.8 Å². The van der Waals surface area contributed by atoms with Gasteiger partial charge in [0, 0.05) is 12.1 Å². The van der Waals surface area contributed by atoms with Crippen molar-refractivity contribution in [2.24, 2.45) is 0 Å².